The topological polar surface area (TPSA) is 49.4 Å². The Kier molecular flexibility index (Phi) is 5.09. The fourth-order valence-electron chi connectivity index (χ4n) is 2.97. The minimum Gasteiger partial charge on any atom is -0.326 e. The van der Waals surface area contributed by atoms with Crippen molar-refractivity contribution in [3.63, 3.8) is 0 Å². The highest BCUT2D eigenvalue weighted by Crippen LogP contribution is 2.28. The number of nitrogens with one attached hydrogen (secondary N) is 1. The summed E-state index contributed by atoms with van der Waals surface area (Å²) in [5, 5.41) is 3.48. The van der Waals surface area contributed by atoms with Gasteiger partial charge in [0.15, 0.2) is 0 Å². The van der Waals surface area contributed by atoms with Crippen LogP contribution in [0.15, 0.2) is 48.5 Å². The Balaban J connectivity index is 1.66. The average molecular weight is 357 g/mol. The Morgan fingerprint density at radius 3 is 2.56 bits per heavy atom. The fourth-order valence-corrected chi connectivity index (χ4v) is 3.16. The molecule has 3 rings (SSSR count). The highest BCUT2D eigenvalue weighted by Gasteiger charge is 2.35. The molecule has 1 N–H and O–H groups in total. The average Bonchev–Trinajstić information content (AvgIpc) is 2.97. The molecule has 25 heavy (non-hydrogen) atoms. The van der Waals surface area contributed by atoms with Gasteiger partial charge in [-0.05, 0) is 41.8 Å². The van der Waals surface area contributed by atoms with Crippen LogP contribution < -0.4 is 10.2 Å². The first kappa shape index (κ1) is 17.5. The Morgan fingerprint density at radius 1 is 1.20 bits per heavy atom. The first-order valence-electron chi connectivity index (χ1n) is 8.41. The molecule has 0 saturated carbocycles. The van der Waals surface area contributed by atoms with E-state index in [2.05, 4.69) is 19.2 Å². The zero-order chi connectivity index (χ0) is 18.0. The zero-order valence-corrected chi connectivity index (χ0v) is 15.1. The van der Waals surface area contributed by atoms with Crippen LogP contribution in [0.4, 0.5) is 11.4 Å². The van der Waals surface area contributed by atoms with Crippen molar-refractivity contribution in [1.29, 1.82) is 0 Å². The van der Waals surface area contributed by atoms with Gasteiger partial charge in [-0.15, -0.1) is 0 Å². The van der Waals surface area contributed by atoms with Crippen molar-refractivity contribution >= 4 is 34.8 Å². The van der Waals surface area contributed by atoms with Gasteiger partial charge in [-0.1, -0.05) is 43.6 Å². The fraction of sp³-hybridized carbons (Fsp3) is 0.300. The maximum atomic E-state index is 12.5. The minimum absolute atomic E-state index is 0.0578. The maximum Gasteiger partial charge on any atom is 0.229 e. The number of carbonyl (C=O) groups excluding carboxylic acids is 2. The molecule has 1 saturated heterocycles. The van der Waals surface area contributed by atoms with Crippen molar-refractivity contribution in [3.05, 3.63) is 59.1 Å². The molecule has 0 aliphatic carbocycles. The summed E-state index contributed by atoms with van der Waals surface area (Å²) in [6.07, 6.45) is 0.211. The number of hydrogen-bond donors (Lipinski definition) is 1. The molecule has 130 valence electrons. The molecule has 0 unspecified atom stereocenters. The van der Waals surface area contributed by atoms with Crippen LogP contribution in [0.5, 0.6) is 0 Å². The predicted octanol–water partition coefficient (Wildman–Crippen LogP) is 4.46. The number of benzene rings is 2. The number of anilines is 2. The molecule has 0 aromatic heterocycles. The molecule has 1 fully saturated rings. The molecule has 1 aliphatic heterocycles. The van der Waals surface area contributed by atoms with Gasteiger partial charge in [-0.25, -0.2) is 0 Å². The highest BCUT2D eigenvalue weighted by atomic mass is 35.5. The number of amides is 2. The van der Waals surface area contributed by atoms with Gasteiger partial charge < -0.3 is 10.2 Å². The van der Waals surface area contributed by atoms with E-state index < -0.39 is 0 Å². The Labute approximate surface area is 152 Å². The van der Waals surface area contributed by atoms with Crippen LogP contribution >= 0.6 is 11.6 Å². The van der Waals surface area contributed by atoms with Crippen molar-refractivity contribution in [3.8, 4) is 0 Å². The van der Waals surface area contributed by atoms with Gasteiger partial charge in [0, 0.05) is 29.4 Å². The van der Waals surface area contributed by atoms with Gasteiger partial charge in [0.1, 0.15) is 0 Å². The lowest BCUT2D eigenvalue weighted by molar-refractivity contribution is -0.122. The van der Waals surface area contributed by atoms with Gasteiger partial charge in [0.2, 0.25) is 11.8 Å². The van der Waals surface area contributed by atoms with Crippen molar-refractivity contribution in [2.24, 2.45) is 5.92 Å². The van der Waals surface area contributed by atoms with Crippen molar-refractivity contribution in [2.45, 2.75) is 26.2 Å². The summed E-state index contributed by atoms with van der Waals surface area (Å²) < 4.78 is 0. The summed E-state index contributed by atoms with van der Waals surface area (Å²) in [4.78, 5) is 26.4. The molecule has 0 bridgehead atoms. The van der Waals surface area contributed by atoms with Crippen molar-refractivity contribution in [1.82, 2.24) is 0 Å². The summed E-state index contributed by atoms with van der Waals surface area (Å²) in [6, 6.07) is 15.0. The van der Waals surface area contributed by atoms with Crippen LogP contribution in [0, 0.1) is 5.92 Å². The van der Waals surface area contributed by atoms with E-state index in [-0.39, 0.29) is 24.2 Å². The first-order valence-corrected chi connectivity index (χ1v) is 8.78. The van der Waals surface area contributed by atoms with Crippen LogP contribution in [0.2, 0.25) is 5.02 Å². The van der Waals surface area contributed by atoms with Crippen LogP contribution in [0.25, 0.3) is 0 Å². The van der Waals surface area contributed by atoms with Gasteiger partial charge in [0.05, 0.1) is 5.92 Å². The number of halogens is 1. The van der Waals surface area contributed by atoms with E-state index in [4.69, 9.17) is 11.6 Å². The lowest BCUT2D eigenvalue weighted by Crippen LogP contribution is -2.28. The van der Waals surface area contributed by atoms with E-state index in [0.717, 1.165) is 11.4 Å². The molecule has 0 radical (unpaired) electrons. The van der Waals surface area contributed by atoms with E-state index in [1.807, 2.05) is 30.3 Å². The van der Waals surface area contributed by atoms with Crippen LogP contribution in [0.1, 0.15) is 31.7 Å². The van der Waals surface area contributed by atoms with Crippen LogP contribution in [0.3, 0.4) is 0 Å². The Hall–Kier alpha value is -2.33. The minimum atomic E-state index is -0.365. The SMILES string of the molecule is CC(C)c1ccc(NC(=O)[C@@H]2CC(=O)N(c3cccc(Cl)c3)C2)cc1. The first-order chi connectivity index (χ1) is 11.9. The van der Waals surface area contributed by atoms with E-state index in [0.29, 0.717) is 17.5 Å². The maximum absolute atomic E-state index is 12.5. The molecule has 2 aromatic rings. The third-order valence-corrected chi connectivity index (χ3v) is 4.70. The molecule has 1 heterocycles. The van der Waals surface area contributed by atoms with Gasteiger partial charge in [-0.2, -0.15) is 0 Å². The molecule has 0 spiro atoms. The summed E-state index contributed by atoms with van der Waals surface area (Å²) >= 11 is 5.99. The number of nitrogens with zero attached hydrogens (tertiary/aromatic N) is 1. The molecule has 1 aliphatic rings. The largest absolute Gasteiger partial charge is 0.326 e. The van der Waals surface area contributed by atoms with Gasteiger partial charge >= 0.3 is 0 Å². The molecular weight excluding hydrogens is 336 g/mol. The molecule has 5 heteroatoms. The lowest BCUT2D eigenvalue weighted by atomic mass is 10.0. The monoisotopic (exact) mass is 356 g/mol. The molecular formula is C20H21ClN2O2. The van der Waals surface area contributed by atoms with Gasteiger partial charge in [0.25, 0.3) is 0 Å². The summed E-state index contributed by atoms with van der Waals surface area (Å²) in [7, 11) is 0. The molecule has 1 atom stereocenters. The van der Waals surface area contributed by atoms with Crippen LogP contribution in [-0.2, 0) is 9.59 Å². The second-order valence-electron chi connectivity index (χ2n) is 6.65. The number of carbonyl (C=O) groups is 2. The number of rotatable bonds is 4. The third-order valence-electron chi connectivity index (χ3n) is 4.46. The summed E-state index contributed by atoms with van der Waals surface area (Å²) in [6.45, 7) is 4.62. The van der Waals surface area contributed by atoms with Crippen molar-refractivity contribution < 1.29 is 9.59 Å². The van der Waals surface area contributed by atoms with Gasteiger partial charge in [-0.3, -0.25) is 9.59 Å². The second-order valence-corrected chi connectivity index (χ2v) is 7.09. The lowest BCUT2D eigenvalue weighted by Gasteiger charge is -2.17. The predicted molar refractivity (Wildman–Crippen MR) is 101 cm³/mol. The number of hydrogen-bond acceptors (Lipinski definition) is 2. The molecule has 4 nitrogen and oxygen atoms in total. The zero-order valence-electron chi connectivity index (χ0n) is 14.3. The van der Waals surface area contributed by atoms with E-state index >= 15 is 0 Å². The normalized spacial score (nSPS) is 17.2. The second kappa shape index (κ2) is 7.28. The standard InChI is InChI=1S/C20H21ClN2O2/c1-13(2)14-6-8-17(9-7-14)22-20(25)15-10-19(24)23(12-15)18-5-3-4-16(21)11-18/h3-9,11,13,15H,10,12H2,1-2H3,(H,22,25)/t15-/m1/s1. The molecule has 2 aromatic carbocycles. The van der Waals surface area contributed by atoms with E-state index in [1.165, 1.54) is 5.56 Å². The van der Waals surface area contributed by atoms with Crippen LogP contribution in [-0.4, -0.2) is 18.4 Å². The Morgan fingerprint density at radius 2 is 1.92 bits per heavy atom. The highest BCUT2D eigenvalue weighted by molar-refractivity contribution is 6.31. The van der Waals surface area contributed by atoms with E-state index in [9.17, 15) is 9.59 Å². The molecule has 2 amide bonds. The third kappa shape index (κ3) is 4.02. The quantitative estimate of drug-likeness (QED) is 0.879. The Bertz CT molecular complexity index is 787. The van der Waals surface area contributed by atoms with Crippen molar-refractivity contribution in [2.75, 3.05) is 16.8 Å². The summed E-state index contributed by atoms with van der Waals surface area (Å²) in [5.41, 5.74) is 2.71. The summed E-state index contributed by atoms with van der Waals surface area (Å²) in [5.74, 6) is -0.104. The smallest absolute Gasteiger partial charge is 0.229 e. The van der Waals surface area contributed by atoms with E-state index in [1.54, 1.807) is 23.1 Å².